The molecule has 3 aromatic rings. The van der Waals surface area contributed by atoms with Gasteiger partial charge in [0.2, 0.25) is 0 Å². The summed E-state index contributed by atoms with van der Waals surface area (Å²) < 4.78 is 131. The molecular formula is C36H37ClF8N6O8. The zero-order chi connectivity index (χ0) is 44.5. The quantitative estimate of drug-likeness (QED) is 0.0669. The number of halogens is 9. The zero-order valence-corrected chi connectivity index (χ0v) is 32.9. The van der Waals surface area contributed by atoms with Crippen LogP contribution in [-0.2, 0) is 47.7 Å². The number of benzene rings is 1. The molecule has 1 amide bonds. The predicted octanol–water partition coefficient (Wildman–Crippen LogP) is 7.90. The number of ether oxygens (including phenoxy) is 4. The molecule has 322 valence electrons. The van der Waals surface area contributed by atoms with E-state index in [2.05, 4.69) is 10.2 Å². The van der Waals surface area contributed by atoms with Gasteiger partial charge >= 0.3 is 36.4 Å². The third-order valence-corrected chi connectivity index (χ3v) is 8.78. The van der Waals surface area contributed by atoms with E-state index in [1.807, 2.05) is 6.07 Å². The molecule has 1 aromatic carbocycles. The standard InChI is InChI=1S/C36H37ClF8N6O8/c1-31(2,3)59-25(53)10-9-24(52)56-17-32(4,5)18-57-30(55)58-19-50(33(16-46)11-12-33)29(54)22-13-20(7-8-23(22)37)21-14-47-51(15-21)28-26(35(40,41)42)27(48-49(28)6)34(38,39)36(43,44)45/h7-8,13-15H,9-12,17-19H2,1-6H3. The molecule has 0 bridgehead atoms. The number of aromatic nitrogens is 4. The summed E-state index contributed by atoms with van der Waals surface area (Å²) >= 11 is 6.34. The summed E-state index contributed by atoms with van der Waals surface area (Å²) in [4.78, 5) is 51.4. The normalized spacial score (nSPS) is 14.3. The minimum atomic E-state index is -6.41. The Bertz CT molecular complexity index is 2130. The molecule has 1 aliphatic rings. The van der Waals surface area contributed by atoms with E-state index in [1.165, 1.54) is 12.1 Å². The van der Waals surface area contributed by atoms with Crippen molar-refractivity contribution in [2.75, 3.05) is 19.9 Å². The van der Waals surface area contributed by atoms with Crippen LogP contribution in [0.2, 0.25) is 5.02 Å². The number of carbonyl (C=O) groups excluding carboxylic acids is 4. The van der Waals surface area contributed by atoms with Gasteiger partial charge in [-0.05, 0) is 51.3 Å². The van der Waals surface area contributed by atoms with Crippen LogP contribution in [0.4, 0.5) is 39.9 Å². The van der Waals surface area contributed by atoms with Gasteiger partial charge in [0.25, 0.3) is 5.91 Å². The van der Waals surface area contributed by atoms with Crippen molar-refractivity contribution in [2.24, 2.45) is 12.5 Å². The van der Waals surface area contributed by atoms with E-state index >= 15 is 0 Å². The number of hydrogen-bond donors (Lipinski definition) is 0. The third kappa shape index (κ3) is 11.0. The van der Waals surface area contributed by atoms with Crippen molar-refractivity contribution in [1.29, 1.82) is 5.26 Å². The van der Waals surface area contributed by atoms with Gasteiger partial charge in [0.15, 0.2) is 18.2 Å². The first-order valence-corrected chi connectivity index (χ1v) is 17.7. The van der Waals surface area contributed by atoms with Gasteiger partial charge in [0, 0.05) is 24.2 Å². The molecule has 2 heterocycles. The lowest BCUT2D eigenvalue weighted by atomic mass is 9.96. The van der Waals surface area contributed by atoms with Crippen molar-refractivity contribution in [2.45, 2.75) is 89.7 Å². The molecule has 14 nitrogen and oxygen atoms in total. The van der Waals surface area contributed by atoms with Crippen molar-refractivity contribution in [3.63, 3.8) is 0 Å². The largest absolute Gasteiger partial charge is 0.510 e. The van der Waals surface area contributed by atoms with E-state index in [4.69, 9.17) is 30.5 Å². The van der Waals surface area contributed by atoms with Gasteiger partial charge in [-0.1, -0.05) is 31.5 Å². The highest BCUT2D eigenvalue weighted by Gasteiger charge is 2.64. The van der Waals surface area contributed by atoms with Gasteiger partial charge in [-0.2, -0.15) is 50.6 Å². The average molecular weight is 869 g/mol. The molecule has 4 rings (SSSR count). The minimum Gasteiger partial charge on any atom is -0.465 e. The Kier molecular flexibility index (Phi) is 13.1. The molecule has 23 heteroatoms. The first kappa shape index (κ1) is 46.2. The van der Waals surface area contributed by atoms with E-state index in [1.54, 1.807) is 34.6 Å². The van der Waals surface area contributed by atoms with Crippen LogP contribution in [0.3, 0.4) is 0 Å². The fraction of sp³-hybridized carbons (Fsp3) is 0.528. The fourth-order valence-electron chi connectivity index (χ4n) is 5.33. The fourth-order valence-corrected chi connectivity index (χ4v) is 5.53. The molecular weight excluding hydrogens is 832 g/mol. The molecule has 0 spiro atoms. The number of nitriles is 1. The second-order valence-electron chi connectivity index (χ2n) is 15.2. The lowest BCUT2D eigenvalue weighted by Crippen LogP contribution is -2.43. The second kappa shape index (κ2) is 16.7. The number of rotatable bonds is 14. The monoisotopic (exact) mass is 868 g/mol. The van der Waals surface area contributed by atoms with Crippen LogP contribution in [-0.4, -0.2) is 85.7 Å². The Morgan fingerprint density at radius 1 is 0.915 bits per heavy atom. The molecule has 0 aliphatic heterocycles. The van der Waals surface area contributed by atoms with E-state index in [-0.39, 0.29) is 65.3 Å². The highest BCUT2D eigenvalue weighted by Crippen LogP contribution is 2.49. The number of hydrogen-bond acceptors (Lipinski definition) is 11. The number of esters is 2. The number of alkyl halides is 8. The maximum atomic E-state index is 14.2. The molecule has 59 heavy (non-hydrogen) atoms. The van der Waals surface area contributed by atoms with E-state index in [0.29, 0.717) is 11.7 Å². The first-order chi connectivity index (χ1) is 27.0. The zero-order valence-electron chi connectivity index (χ0n) is 32.2. The SMILES string of the molecule is Cn1nc(C(F)(F)C(F)(F)F)c(C(F)(F)F)c1-n1cc(-c2ccc(Cl)c(C(=O)N(COC(=O)OCC(C)(C)COC(=O)CCC(=O)OC(C)(C)C)C3(C#N)CC3)c2)cn1. The topological polar surface area (TPSA) is 168 Å². The van der Waals surface area contributed by atoms with Gasteiger partial charge in [-0.3, -0.25) is 19.3 Å². The van der Waals surface area contributed by atoms with E-state index in [0.717, 1.165) is 23.4 Å². The maximum Gasteiger partial charge on any atom is 0.510 e. The van der Waals surface area contributed by atoms with Gasteiger partial charge < -0.3 is 18.9 Å². The van der Waals surface area contributed by atoms with Crippen LogP contribution < -0.4 is 0 Å². The van der Waals surface area contributed by atoms with Gasteiger partial charge in [-0.15, -0.1) is 0 Å². The number of nitrogens with zero attached hydrogens (tertiary/aromatic N) is 6. The predicted molar refractivity (Wildman–Crippen MR) is 187 cm³/mol. The average Bonchev–Trinajstić information content (AvgIpc) is 3.58. The summed E-state index contributed by atoms with van der Waals surface area (Å²) in [7, 11) is 0.715. The van der Waals surface area contributed by atoms with Crippen molar-refractivity contribution in [3.05, 3.63) is 52.4 Å². The Balaban J connectivity index is 1.48. The molecule has 0 radical (unpaired) electrons. The second-order valence-corrected chi connectivity index (χ2v) is 15.6. The number of carbonyl (C=O) groups is 4. The molecule has 0 unspecified atom stereocenters. The highest BCUT2D eigenvalue weighted by molar-refractivity contribution is 6.34. The summed E-state index contributed by atoms with van der Waals surface area (Å²) in [5, 5.41) is 16.3. The van der Waals surface area contributed by atoms with Crippen molar-refractivity contribution >= 4 is 35.6 Å². The van der Waals surface area contributed by atoms with Gasteiger partial charge in [0.1, 0.15) is 23.3 Å². The molecule has 2 aromatic heterocycles. The smallest absolute Gasteiger partial charge is 0.465 e. The Labute approximate surface area is 335 Å². The van der Waals surface area contributed by atoms with Crippen molar-refractivity contribution in [3.8, 4) is 23.0 Å². The van der Waals surface area contributed by atoms with Crippen LogP contribution in [0.15, 0.2) is 30.6 Å². The van der Waals surface area contributed by atoms with Crippen LogP contribution in [0.25, 0.3) is 16.9 Å². The Morgan fingerprint density at radius 3 is 2.08 bits per heavy atom. The van der Waals surface area contributed by atoms with E-state index in [9.17, 15) is 59.6 Å². The molecule has 1 fully saturated rings. The van der Waals surface area contributed by atoms with Crippen LogP contribution in [0, 0.1) is 16.7 Å². The molecule has 0 atom stereocenters. The van der Waals surface area contributed by atoms with Gasteiger partial charge in [-0.25, -0.2) is 14.2 Å². The summed E-state index contributed by atoms with van der Waals surface area (Å²) in [6, 6.07) is 5.65. The Morgan fingerprint density at radius 2 is 1.53 bits per heavy atom. The lowest BCUT2D eigenvalue weighted by molar-refractivity contribution is -0.292. The molecule has 1 saturated carbocycles. The summed E-state index contributed by atoms with van der Waals surface area (Å²) in [5.74, 6) is -9.47. The Hall–Kier alpha value is -5.46. The first-order valence-electron chi connectivity index (χ1n) is 17.4. The van der Waals surface area contributed by atoms with Crippen LogP contribution in [0.1, 0.15) is 81.9 Å². The summed E-state index contributed by atoms with van der Waals surface area (Å²) in [5.41, 5.74) is -8.36. The van der Waals surface area contributed by atoms with Crippen molar-refractivity contribution < 1.29 is 73.2 Å². The maximum absolute atomic E-state index is 14.2. The van der Waals surface area contributed by atoms with Crippen LogP contribution in [0.5, 0.6) is 0 Å². The van der Waals surface area contributed by atoms with Crippen LogP contribution >= 0.6 is 11.6 Å². The highest BCUT2D eigenvalue weighted by atomic mass is 35.5. The van der Waals surface area contributed by atoms with Crippen molar-refractivity contribution in [1.82, 2.24) is 24.5 Å². The molecule has 0 N–H and O–H groups in total. The summed E-state index contributed by atoms with van der Waals surface area (Å²) in [6.07, 6.45) is -11.7. The summed E-state index contributed by atoms with van der Waals surface area (Å²) in [6.45, 7) is 6.86. The minimum absolute atomic E-state index is 0.0513. The van der Waals surface area contributed by atoms with E-state index < -0.39 is 82.6 Å². The van der Waals surface area contributed by atoms with Gasteiger partial charge in [0.05, 0.1) is 42.3 Å². The number of aryl methyl sites for hydroxylation is 1. The molecule has 0 saturated heterocycles. The molecule has 1 aliphatic carbocycles. The lowest BCUT2D eigenvalue weighted by Gasteiger charge is -2.28. The number of amides is 1. The third-order valence-electron chi connectivity index (χ3n) is 8.45.